The Hall–Kier alpha value is 0.130. The first kappa shape index (κ1) is 27.0. The van der Waals surface area contributed by atoms with Crippen molar-refractivity contribution in [2.24, 2.45) is 0 Å². The topological polar surface area (TPSA) is 63.2 Å². The summed E-state index contributed by atoms with van der Waals surface area (Å²) in [6.07, 6.45) is 3.34. The fourth-order valence-corrected chi connectivity index (χ4v) is 5.72. The summed E-state index contributed by atoms with van der Waals surface area (Å²) in [6.45, 7) is 23.7. The first-order valence-corrected chi connectivity index (χ1v) is 13.8. The molecule has 0 aliphatic heterocycles. The lowest BCUT2D eigenvalue weighted by Crippen LogP contribution is -2.37. The van der Waals surface area contributed by atoms with E-state index in [0.29, 0.717) is 0 Å². The number of carbonyl (C=O) groups is 1. The molecule has 0 radical (unpaired) electrons. The van der Waals surface area contributed by atoms with Crippen LogP contribution in [0.4, 0.5) is 4.79 Å². The third-order valence-corrected chi connectivity index (χ3v) is 16.1. The zero-order valence-corrected chi connectivity index (χ0v) is 18.4. The monoisotopic (exact) mass is 354 g/mol. The molecule has 0 unspecified atom stereocenters. The van der Waals surface area contributed by atoms with Gasteiger partial charge in [0.2, 0.25) is 0 Å². The first-order valence-electron chi connectivity index (χ1n) is 8.43. The largest absolute Gasteiger partial charge is 0.652 e. The van der Waals surface area contributed by atoms with Gasteiger partial charge in [0.1, 0.15) is 0 Å². The Morgan fingerprint density at radius 3 is 0.864 bits per heavy atom. The highest BCUT2D eigenvalue weighted by Gasteiger charge is 2.31. The van der Waals surface area contributed by atoms with Crippen LogP contribution in [0.5, 0.6) is 0 Å². The van der Waals surface area contributed by atoms with E-state index in [1.807, 2.05) is 0 Å². The van der Waals surface area contributed by atoms with E-state index in [0.717, 1.165) is 11.3 Å². The van der Waals surface area contributed by atoms with Crippen LogP contribution in [0.2, 0.25) is 0 Å². The van der Waals surface area contributed by atoms with Crippen LogP contribution < -0.4 is 10.2 Å². The van der Waals surface area contributed by atoms with Crippen molar-refractivity contribution in [3.63, 3.8) is 0 Å². The molecule has 0 saturated carbocycles. The molecule has 22 heavy (non-hydrogen) atoms. The molecule has 0 aromatic carbocycles. The van der Waals surface area contributed by atoms with Crippen LogP contribution in [0.15, 0.2) is 0 Å². The number of hydrogen-bond acceptors (Lipinski definition) is 3. The van der Waals surface area contributed by atoms with Gasteiger partial charge in [-0.25, -0.2) is 0 Å². The average Bonchev–Trinajstić information content (AvgIpc) is 2.45. The van der Waals surface area contributed by atoms with Crippen LogP contribution in [0.3, 0.4) is 0 Å². The van der Waals surface area contributed by atoms with E-state index >= 15 is 0 Å². The van der Waals surface area contributed by atoms with Crippen LogP contribution in [0, 0.1) is 0 Å². The fourth-order valence-electron chi connectivity index (χ4n) is 1.91. The van der Waals surface area contributed by atoms with E-state index in [2.05, 4.69) is 68.7 Å². The molecule has 136 valence electrons. The summed E-state index contributed by atoms with van der Waals surface area (Å²) in [5.41, 5.74) is 1.87. The van der Waals surface area contributed by atoms with E-state index in [9.17, 15) is 0 Å². The van der Waals surface area contributed by atoms with Gasteiger partial charge in [0.05, 0.1) is 36.0 Å². The molecule has 0 atom stereocenters. The minimum Gasteiger partial charge on any atom is -0.652 e. The lowest BCUT2D eigenvalue weighted by molar-refractivity contribution is -0.415. The normalized spacial score (nSPS) is 11.5. The molecule has 3 nitrogen and oxygen atoms in total. The van der Waals surface area contributed by atoms with E-state index in [-0.39, 0.29) is 0 Å². The minimum atomic E-state index is -2.33. The highest BCUT2D eigenvalue weighted by atomic mass is 31.2. The average molecular weight is 354 g/mol. The van der Waals surface area contributed by atoms with Gasteiger partial charge >= 0.3 is 0 Å². The molecule has 0 aliphatic rings. The Kier molecular flexibility index (Phi) is 16.6. The van der Waals surface area contributed by atoms with Gasteiger partial charge in [-0.1, -0.05) is 0 Å². The Balaban J connectivity index is -0.000000266. The summed E-state index contributed by atoms with van der Waals surface area (Å²) in [5.74, 6) is 0. The quantitative estimate of drug-likeness (QED) is 0.683. The smallest absolute Gasteiger partial charge is 0.0638 e. The van der Waals surface area contributed by atoms with Crippen LogP contribution in [0.25, 0.3) is 0 Å². The number of carbonyl (C=O) groups excluding carboxylic acids is 1. The molecule has 0 aliphatic carbocycles. The highest BCUT2D eigenvalue weighted by Crippen LogP contribution is 2.59. The molecule has 0 saturated heterocycles. The van der Waals surface area contributed by atoms with Gasteiger partial charge < -0.3 is 15.0 Å². The fraction of sp³-hybridized carbons (Fsp3) is 0.941. The predicted molar refractivity (Wildman–Crippen MR) is 104 cm³/mol. The second-order valence-corrected chi connectivity index (χ2v) is 17.2. The van der Waals surface area contributed by atoms with Crippen LogP contribution in [-0.4, -0.2) is 55.5 Å². The van der Waals surface area contributed by atoms with Crippen molar-refractivity contribution < 1.29 is 15.0 Å². The van der Waals surface area contributed by atoms with Crippen molar-refractivity contribution in [1.29, 1.82) is 0 Å². The molecule has 5 heteroatoms. The standard InChI is InChI=1S/2C8H20P.CH2O3/c2*1-6-9(5,7-2)8(3)4;2-1(3)4/h2*8H,6-7H2,1-5H3;(H2,2,3,4)/q2*+1;/p-2. The molecule has 0 fully saturated rings. The van der Waals surface area contributed by atoms with Crippen LogP contribution in [-0.2, 0) is 0 Å². The van der Waals surface area contributed by atoms with Gasteiger partial charge in [0, 0.05) is 27.9 Å². The predicted octanol–water partition coefficient (Wildman–Crippen LogP) is 3.72. The summed E-state index contributed by atoms with van der Waals surface area (Å²) < 4.78 is 0. The Bertz CT molecular complexity index is 245. The number of rotatable bonds is 6. The summed E-state index contributed by atoms with van der Waals surface area (Å²) in [7, 11) is -1.01. The van der Waals surface area contributed by atoms with Crippen molar-refractivity contribution in [3.8, 4) is 0 Å². The molecular weight excluding hydrogens is 314 g/mol. The van der Waals surface area contributed by atoms with E-state index < -0.39 is 20.7 Å². The molecule has 0 bridgehead atoms. The van der Waals surface area contributed by atoms with Gasteiger partial charge in [-0.2, -0.15) is 0 Å². The molecule has 0 amide bonds. The van der Waals surface area contributed by atoms with Crippen molar-refractivity contribution in [1.82, 2.24) is 0 Å². The maximum Gasteiger partial charge on any atom is 0.0638 e. The van der Waals surface area contributed by atoms with E-state index in [1.54, 1.807) is 0 Å². The molecule has 0 aromatic heterocycles. The molecular formula is C17H40O3P2. The maximum absolute atomic E-state index is 8.33. The van der Waals surface area contributed by atoms with Crippen molar-refractivity contribution in [2.45, 2.75) is 66.7 Å². The third-order valence-electron chi connectivity index (χ3n) is 5.38. The van der Waals surface area contributed by atoms with Crippen molar-refractivity contribution >= 4 is 20.7 Å². The van der Waals surface area contributed by atoms with Gasteiger partial charge in [-0.3, -0.25) is 0 Å². The summed E-state index contributed by atoms with van der Waals surface area (Å²) in [6, 6.07) is 0. The van der Waals surface area contributed by atoms with Crippen molar-refractivity contribution in [3.05, 3.63) is 0 Å². The van der Waals surface area contributed by atoms with E-state index in [4.69, 9.17) is 15.0 Å². The number of hydrogen-bond donors (Lipinski definition) is 0. The molecule has 0 heterocycles. The molecule has 0 N–H and O–H groups in total. The third kappa shape index (κ3) is 12.7. The van der Waals surface area contributed by atoms with Crippen molar-refractivity contribution in [2.75, 3.05) is 38.0 Å². The van der Waals surface area contributed by atoms with Crippen LogP contribution >= 0.6 is 14.5 Å². The lowest BCUT2D eigenvalue weighted by Gasteiger charge is -2.23. The maximum atomic E-state index is 8.33. The van der Waals surface area contributed by atoms with E-state index in [1.165, 1.54) is 24.6 Å². The van der Waals surface area contributed by atoms with Gasteiger partial charge in [0.25, 0.3) is 0 Å². The van der Waals surface area contributed by atoms with Gasteiger partial charge in [0.15, 0.2) is 0 Å². The zero-order valence-electron chi connectivity index (χ0n) is 16.6. The molecule has 0 spiro atoms. The molecule has 0 aromatic rings. The zero-order chi connectivity index (χ0) is 18.6. The molecule has 0 rings (SSSR count). The number of carboxylic acid groups (broad SMARTS) is 2. The summed E-state index contributed by atoms with van der Waals surface area (Å²) in [4.78, 5) is 8.33. The first-order chi connectivity index (χ1) is 9.86. The summed E-state index contributed by atoms with van der Waals surface area (Å²) in [5, 5.41) is 16.7. The lowest BCUT2D eigenvalue weighted by atomic mass is 10.6. The Labute approximate surface area is 141 Å². The highest BCUT2D eigenvalue weighted by molar-refractivity contribution is 7.76. The summed E-state index contributed by atoms with van der Waals surface area (Å²) >= 11 is 0. The second kappa shape index (κ2) is 13.6. The SMILES string of the molecule is CC[P+](C)(CC)C(C)C.CC[P+](C)(CC)C(C)C.O=C([O-])[O-]. The second-order valence-electron chi connectivity index (χ2n) is 6.66. The van der Waals surface area contributed by atoms with Gasteiger partial charge in [-0.15, -0.1) is 0 Å². The Morgan fingerprint density at radius 2 is 0.864 bits per heavy atom. The Morgan fingerprint density at radius 1 is 0.727 bits per heavy atom. The minimum absolute atomic E-state index is 0.503. The van der Waals surface area contributed by atoms with Gasteiger partial charge in [-0.05, 0) is 61.5 Å². The van der Waals surface area contributed by atoms with Crippen LogP contribution in [0.1, 0.15) is 55.4 Å².